The number of fused-ring (bicyclic) bond motifs is 3. The van der Waals surface area contributed by atoms with Crippen molar-refractivity contribution in [2.45, 2.75) is 6.54 Å². The van der Waals surface area contributed by atoms with Crippen molar-refractivity contribution < 1.29 is 9.49 Å². The number of nitro groups is 1. The lowest BCUT2D eigenvalue weighted by Crippen LogP contribution is -2.37. The third kappa shape index (κ3) is 2.81. The maximum absolute atomic E-state index is 11.0. The molecule has 4 N–H and O–H groups in total. The maximum atomic E-state index is 11.0. The summed E-state index contributed by atoms with van der Waals surface area (Å²) in [5, 5.41) is 14.1. The monoisotopic (exact) mass is 371 g/mol. The molecule has 3 aromatic carbocycles. The highest BCUT2D eigenvalue weighted by Crippen LogP contribution is 2.34. The van der Waals surface area contributed by atoms with Crippen LogP contribution in [0.5, 0.6) is 0 Å². The molecule has 6 heteroatoms. The minimum atomic E-state index is -0.404. The second-order valence-corrected chi connectivity index (χ2v) is 6.63. The van der Waals surface area contributed by atoms with Crippen LogP contribution in [0.25, 0.3) is 32.9 Å². The molecule has 0 atom stereocenters. The van der Waals surface area contributed by atoms with Crippen molar-refractivity contribution in [2.75, 3.05) is 11.5 Å². The van der Waals surface area contributed by atoms with E-state index in [4.69, 9.17) is 11.5 Å². The van der Waals surface area contributed by atoms with Gasteiger partial charge in [0.15, 0.2) is 6.54 Å². The minimum absolute atomic E-state index is 0.0490. The van der Waals surface area contributed by atoms with Crippen LogP contribution in [0.1, 0.15) is 0 Å². The SMILES string of the molecule is C=CC[n+]1c(-c2ccc([N+](=O)[O-])cc2)c2cc(N)ccc2c2ccc(N)cc21. The first-order chi connectivity index (χ1) is 13.5. The van der Waals surface area contributed by atoms with Gasteiger partial charge in [-0.2, -0.15) is 4.57 Å². The van der Waals surface area contributed by atoms with Crippen LogP contribution < -0.4 is 16.0 Å². The third-order valence-electron chi connectivity index (χ3n) is 4.83. The number of hydrogen-bond donors (Lipinski definition) is 2. The van der Waals surface area contributed by atoms with Crippen molar-refractivity contribution in [2.24, 2.45) is 0 Å². The number of anilines is 2. The molecule has 0 aliphatic rings. The van der Waals surface area contributed by atoms with Gasteiger partial charge in [-0.05, 0) is 42.5 Å². The topological polar surface area (TPSA) is 99.1 Å². The molecule has 0 fully saturated rings. The lowest BCUT2D eigenvalue weighted by Gasteiger charge is -2.12. The lowest BCUT2D eigenvalue weighted by atomic mass is 9.98. The van der Waals surface area contributed by atoms with Gasteiger partial charge in [0.05, 0.1) is 15.7 Å². The van der Waals surface area contributed by atoms with Crippen molar-refractivity contribution in [3.05, 3.63) is 83.4 Å². The first-order valence-corrected chi connectivity index (χ1v) is 8.79. The van der Waals surface area contributed by atoms with Crippen LogP contribution in [0.15, 0.2) is 73.3 Å². The van der Waals surface area contributed by atoms with Gasteiger partial charge in [-0.1, -0.05) is 12.6 Å². The molecule has 0 radical (unpaired) electrons. The Balaban J connectivity index is 2.17. The second-order valence-electron chi connectivity index (χ2n) is 6.63. The number of hydrogen-bond acceptors (Lipinski definition) is 4. The van der Waals surface area contributed by atoms with E-state index in [1.165, 1.54) is 12.1 Å². The zero-order valence-corrected chi connectivity index (χ0v) is 15.1. The number of rotatable bonds is 4. The predicted octanol–water partition coefficient (Wildman–Crippen LogP) is 4.21. The fraction of sp³-hybridized carbons (Fsp3) is 0.0455. The predicted molar refractivity (Wildman–Crippen MR) is 113 cm³/mol. The number of nitrogens with zero attached hydrogens (tertiary/aromatic N) is 2. The van der Waals surface area contributed by atoms with Gasteiger partial charge in [0, 0.05) is 40.5 Å². The highest BCUT2D eigenvalue weighted by molar-refractivity contribution is 6.10. The molecule has 0 spiro atoms. The Morgan fingerprint density at radius 2 is 1.57 bits per heavy atom. The summed E-state index contributed by atoms with van der Waals surface area (Å²) in [6.45, 7) is 4.44. The van der Waals surface area contributed by atoms with Gasteiger partial charge >= 0.3 is 0 Å². The minimum Gasteiger partial charge on any atom is -0.399 e. The fourth-order valence-corrected chi connectivity index (χ4v) is 3.63. The Morgan fingerprint density at radius 3 is 2.21 bits per heavy atom. The molecule has 0 bridgehead atoms. The van der Waals surface area contributed by atoms with Gasteiger partial charge in [-0.15, -0.1) is 0 Å². The molecule has 1 aromatic heterocycles. The smallest absolute Gasteiger partial charge is 0.269 e. The summed E-state index contributed by atoms with van der Waals surface area (Å²) in [5.41, 5.74) is 16.2. The van der Waals surface area contributed by atoms with Crippen molar-refractivity contribution in [3.63, 3.8) is 0 Å². The van der Waals surface area contributed by atoms with Crippen molar-refractivity contribution in [1.29, 1.82) is 0 Å². The van der Waals surface area contributed by atoms with Crippen LogP contribution >= 0.6 is 0 Å². The number of non-ortho nitro benzene ring substituents is 1. The Bertz CT molecular complexity index is 1250. The standard InChI is InChI=1S/C22H18N4O2/c1-2-11-25-21-13-16(24)6-10-19(21)18-9-5-15(23)12-20(18)22(25)14-3-7-17(8-4-14)26(27)28/h2-10,12-13,24H,1,11,23H2/p+1. The van der Waals surface area contributed by atoms with E-state index in [1.807, 2.05) is 42.5 Å². The Morgan fingerprint density at radius 1 is 0.929 bits per heavy atom. The molecular weight excluding hydrogens is 352 g/mol. The molecule has 0 saturated carbocycles. The van der Waals surface area contributed by atoms with E-state index >= 15 is 0 Å². The quantitative estimate of drug-likeness (QED) is 0.140. The number of nitro benzene ring substituents is 1. The van der Waals surface area contributed by atoms with Crippen molar-refractivity contribution in [3.8, 4) is 11.3 Å². The van der Waals surface area contributed by atoms with E-state index < -0.39 is 4.92 Å². The molecule has 1 heterocycles. The van der Waals surface area contributed by atoms with E-state index in [0.717, 1.165) is 32.9 Å². The summed E-state index contributed by atoms with van der Waals surface area (Å²) in [7, 11) is 0. The Hall–Kier alpha value is -3.93. The molecule has 0 saturated heterocycles. The van der Waals surface area contributed by atoms with Crippen LogP contribution in [0.2, 0.25) is 0 Å². The van der Waals surface area contributed by atoms with E-state index in [1.54, 1.807) is 12.1 Å². The first-order valence-electron chi connectivity index (χ1n) is 8.79. The van der Waals surface area contributed by atoms with Gasteiger partial charge in [0.25, 0.3) is 5.69 Å². The molecule has 28 heavy (non-hydrogen) atoms. The summed E-state index contributed by atoms with van der Waals surface area (Å²) in [4.78, 5) is 10.6. The molecular formula is C22H19N4O2+. The summed E-state index contributed by atoms with van der Waals surface area (Å²) >= 11 is 0. The van der Waals surface area contributed by atoms with Gasteiger partial charge in [0.1, 0.15) is 0 Å². The molecule has 6 nitrogen and oxygen atoms in total. The second kappa shape index (κ2) is 6.66. The molecule has 4 aromatic rings. The summed E-state index contributed by atoms with van der Waals surface area (Å²) in [5.74, 6) is 0. The molecule has 4 rings (SSSR count). The summed E-state index contributed by atoms with van der Waals surface area (Å²) < 4.78 is 2.11. The number of nitrogen functional groups attached to an aromatic ring is 2. The number of allylic oxidation sites excluding steroid dienone is 1. The van der Waals surface area contributed by atoms with Gasteiger partial charge in [0.2, 0.25) is 11.2 Å². The van der Waals surface area contributed by atoms with Crippen LogP contribution in [0.4, 0.5) is 17.1 Å². The maximum Gasteiger partial charge on any atom is 0.269 e. The van der Waals surface area contributed by atoms with Gasteiger partial charge in [-0.3, -0.25) is 10.1 Å². The first kappa shape index (κ1) is 17.5. The van der Waals surface area contributed by atoms with Crippen LogP contribution in [-0.4, -0.2) is 4.92 Å². The number of pyridine rings is 1. The van der Waals surface area contributed by atoms with E-state index in [0.29, 0.717) is 17.9 Å². The molecule has 0 aliphatic heterocycles. The highest BCUT2D eigenvalue weighted by atomic mass is 16.6. The number of aromatic nitrogens is 1. The largest absolute Gasteiger partial charge is 0.399 e. The average Bonchev–Trinajstić information content (AvgIpc) is 2.68. The normalized spacial score (nSPS) is 11.0. The van der Waals surface area contributed by atoms with Crippen LogP contribution in [-0.2, 0) is 6.54 Å². The molecule has 0 unspecified atom stereocenters. The van der Waals surface area contributed by atoms with E-state index in [2.05, 4.69) is 11.1 Å². The summed E-state index contributed by atoms with van der Waals surface area (Å²) in [6.07, 6.45) is 1.82. The molecule has 0 amide bonds. The fourth-order valence-electron chi connectivity index (χ4n) is 3.63. The van der Waals surface area contributed by atoms with Crippen LogP contribution in [0, 0.1) is 10.1 Å². The Labute approximate surface area is 161 Å². The number of benzene rings is 3. The van der Waals surface area contributed by atoms with Gasteiger partial charge in [-0.25, -0.2) is 0 Å². The number of nitrogens with two attached hydrogens (primary N) is 2. The van der Waals surface area contributed by atoms with E-state index in [-0.39, 0.29) is 5.69 Å². The zero-order valence-electron chi connectivity index (χ0n) is 15.1. The van der Waals surface area contributed by atoms with Gasteiger partial charge < -0.3 is 11.5 Å². The molecule has 138 valence electrons. The third-order valence-corrected chi connectivity index (χ3v) is 4.83. The lowest BCUT2D eigenvalue weighted by molar-refractivity contribution is -0.648. The van der Waals surface area contributed by atoms with Crippen molar-refractivity contribution >= 4 is 38.7 Å². The highest BCUT2D eigenvalue weighted by Gasteiger charge is 2.23. The zero-order chi connectivity index (χ0) is 19.8. The van der Waals surface area contributed by atoms with E-state index in [9.17, 15) is 10.1 Å². The average molecular weight is 371 g/mol. The van der Waals surface area contributed by atoms with Crippen LogP contribution in [0.3, 0.4) is 0 Å². The molecule has 0 aliphatic carbocycles. The Kier molecular flexibility index (Phi) is 4.16. The van der Waals surface area contributed by atoms with Crippen molar-refractivity contribution in [1.82, 2.24) is 0 Å². The summed E-state index contributed by atoms with van der Waals surface area (Å²) in [6, 6.07) is 18.1.